The molecule has 2 aromatic carbocycles. The standard InChI is InChI=1S/C26H31Cl2N3O3/c1-20-29-11-15-31(20)12-2-16-33-22-5-3-21(4-6-22)18-30-13-9-26(32,10-14-30)19-34-23-7-8-24(27)25(28)17-23/h3-8,11,15,17,32H,2,9-10,12-14,16,18-19H2,1H3. The monoisotopic (exact) mass is 503 g/mol. The van der Waals surface area contributed by atoms with Gasteiger partial charge in [0.05, 0.1) is 16.7 Å². The number of imidazole rings is 1. The van der Waals surface area contributed by atoms with Gasteiger partial charge in [0.15, 0.2) is 0 Å². The number of nitrogens with zero attached hydrogens (tertiary/aromatic N) is 3. The van der Waals surface area contributed by atoms with E-state index in [-0.39, 0.29) is 6.61 Å². The first-order valence-corrected chi connectivity index (χ1v) is 12.4. The molecule has 6 nitrogen and oxygen atoms in total. The maximum absolute atomic E-state index is 10.9. The van der Waals surface area contributed by atoms with Crippen molar-refractivity contribution in [3.8, 4) is 11.5 Å². The maximum Gasteiger partial charge on any atom is 0.121 e. The highest BCUT2D eigenvalue weighted by Crippen LogP contribution is 2.29. The van der Waals surface area contributed by atoms with Crippen molar-refractivity contribution in [2.75, 3.05) is 26.3 Å². The second-order valence-corrected chi connectivity index (χ2v) is 9.69. The van der Waals surface area contributed by atoms with Gasteiger partial charge in [0.25, 0.3) is 0 Å². The number of aliphatic hydroxyl groups is 1. The Morgan fingerprint density at radius 3 is 2.41 bits per heavy atom. The van der Waals surface area contributed by atoms with E-state index in [0.29, 0.717) is 35.2 Å². The van der Waals surface area contributed by atoms with E-state index in [1.807, 2.05) is 31.5 Å². The summed E-state index contributed by atoms with van der Waals surface area (Å²) in [5, 5.41) is 11.9. The molecule has 1 aliphatic rings. The Labute approximate surface area is 211 Å². The van der Waals surface area contributed by atoms with Crippen LogP contribution in [0.2, 0.25) is 10.0 Å². The van der Waals surface area contributed by atoms with Gasteiger partial charge in [0.2, 0.25) is 0 Å². The van der Waals surface area contributed by atoms with Crippen LogP contribution in [0.1, 0.15) is 30.7 Å². The van der Waals surface area contributed by atoms with Gasteiger partial charge in [-0.15, -0.1) is 0 Å². The second-order valence-electron chi connectivity index (χ2n) is 8.88. The van der Waals surface area contributed by atoms with Crippen molar-refractivity contribution < 1.29 is 14.6 Å². The fourth-order valence-electron chi connectivity index (χ4n) is 4.07. The number of halogens is 2. The molecule has 1 aromatic heterocycles. The second kappa shape index (κ2) is 11.5. The third-order valence-electron chi connectivity index (χ3n) is 6.25. The number of hydrogen-bond acceptors (Lipinski definition) is 5. The number of hydrogen-bond donors (Lipinski definition) is 1. The fourth-order valence-corrected chi connectivity index (χ4v) is 4.36. The lowest BCUT2D eigenvalue weighted by molar-refractivity contribution is -0.0537. The summed E-state index contributed by atoms with van der Waals surface area (Å²) >= 11 is 12.0. The van der Waals surface area contributed by atoms with Crippen LogP contribution in [0, 0.1) is 6.92 Å². The zero-order valence-corrected chi connectivity index (χ0v) is 20.9. The van der Waals surface area contributed by atoms with Crippen LogP contribution in [0.3, 0.4) is 0 Å². The van der Waals surface area contributed by atoms with E-state index in [1.165, 1.54) is 5.56 Å². The molecular weight excluding hydrogens is 473 g/mol. The van der Waals surface area contributed by atoms with E-state index in [1.54, 1.807) is 18.2 Å². The lowest BCUT2D eigenvalue weighted by Gasteiger charge is -2.38. The molecule has 0 spiro atoms. The van der Waals surface area contributed by atoms with Crippen molar-refractivity contribution in [1.82, 2.24) is 14.5 Å². The van der Waals surface area contributed by atoms with Crippen LogP contribution in [0.25, 0.3) is 0 Å². The molecule has 182 valence electrons. The third-order valence-corrected chi connectivity index (χ3v) is 6.99. The van der Waals surface area contributed by atoms with Crippen LogP contribution in [-0.4, -0.2) is 51.5 Å². The number of rotatable bonds is 10. The molecule has 0 amide bonds. The first-order chi connectivity index (χ1) is 16.4. The summed E-state index contributed by atoms with van der Waals surface area (Å²) in [5.74, 6) is 2.53. The van der Waals surface area contributed by atoms with Crippen molar-refractivity contribution in [3.05, 3.63) is 76.3 Å². The van der Waals surface area contributed by atoms with E-state index in [0.717, 1.165) is 44.2 Å². The molecule has 0 aliphatic carbocycles. The number of piperidine rings is 1. The zero-order chi connectivity index (χ0) is 24.0. The molecule has 0 bridgehead atoms. The molecule has 4 rings (SSSR count). The van der Waals surface area contributed by atoms with Gasteiger partial charge >= 0.3 is 0 Å². The summed E-state index contributed by atoms with van der Waals surface area (Å²) in [7, 11) is 0. The molecule has 3 aromatic rings. The van der Waals surface area contributed by atoms with Crippen LogP contribution in [0.4, 0.5) is 0 Å². The summed E-state index contributed by atoms with van der Waals surface area (Å²) in [6.07, 6.45) is 6.07. The molecule has 8 heteroatoms. The molecule has 1 fully saturated rings. The predicted molar refractivity (Wildman–Crippen MR) is 135 cm³/mol. The summed E-state index contributed by atoms with van der Waals surface area (Å²) in [5.41, 5.74) is 0.397. The fraction of sp³-hybridized carbons (Fsp3) is 0.423. The number of benzene rings is 2. The van der Waals surface area contributed by atoms with Gasteiger partial charge in [-0.2, -0.15) is 0 Å². The minimum absolute atomic E-state index is 0.241. The van der Waals surface area contributed by atoms with Crippen LogP contribution in [0.5, 0.6) is 11.5 Å². The minimum Gasteiger partial charge on any atom is -0.494 e. The molecule has 0 atom stereocenters. The largest absolute Gasteiger partial charge is 0.494 e. The molecule has 0 unspecified atom stereocenters. The smallest absolute Gasteiger partial charge is 0.121 e. The molecular formula is C26H31Cl2N3O3. The predicted octanol–water partition coefficient (Wildman–Crippen LogP) is 5.37. The molecule has 1 N–H and O–H groups in total. The Hall–Kier alpha value is -2.25. The Balaban J connectivity index is 1.17. The first kappa shape index (κ1) is 24.9. The number of aromatic nitrogens is 2. The van der Waals surface area contributed by atoms with E-state index in [9.17, 15) is 5.11 Å². The molecule has 0 radical (unpaired) electrons. The Kier molecular flexibility index (Phi) is 8.37. The van der Waals surface area contributed by atoms with Crippen LogP contribution in [0.15, 0.2) is 54.9 Å². The summed E-state index contributed by atoms with van der Waals surface area (Å²) in [4.78, 5) is 6.59. The summed E-state index contributed by atoms with van der Waals surface area (Å²) in [6.45, 7) is 6.30. The first-order valence-electron chi connectivity index (χ1n) is 11.6. The van der Waals surface area contributed by atoms with Crippen molar-refractivity contribution >= 4 is 23.2 Å². The zero-order valence-electron chi connectivity index (χ0n) is 19.4. The highest BCUT2D eigenvalue weighted by Gasteiger charge is 2.33. The summed E-state index contributed by atoms with van der Waals surface area (Å²) < 4.78 is 13.8. The van der Waals surface area contributed by atoms with E-state index in [4.69, 9.17) is 32.7 Å². The maximum atomic E-state index is 10.9. The summed E-state index contributed by atoms with van der Waals surface area (Å²) in [6, 6.07) is 13.4. The van der Waals surface area contributed by atoms with Gasteiger partial charge in [-0.25, -0.2) is 4.98 Å². The van der Waals surface area contributed by atoms with Gasteiger partial charge in [0, 0.05) is 44.6 Å². The van der Waals surface area contributed by atoms with E-state index < -0.39 is 5.60 Å². The van der Waals surface area contributed by atoms with Gasteiger partial charge in [0.1, 0.15) is 29.5 Å². The van der Waals surface area contributed by atoms with Gasteiger partial charge < -0.3 is 19.1 Å². The normalized spacial score (nSPS) is 15.9. The minimum atomic E-state index is -0.838. The Morgan fingerprint density at radius 2 is 1.74 bits per heavy atom. The molecule has 0 saturated carbocycles. The van der Waals surface area contributed by atoms with Crippen molar-refractivity contribution in [3.63, 3.8) is 0 Å². The van der Waals surface area contributed by atoms with Crippen LogP contribution < -0.4 is 9.47 Å². The topological polar surface area (TPSA) is 59.8 Å². The quantitative estimate of drug-likeness (QED) is 0.376. The van der Waals surface area contributed by atoms with Gasteiger partial charge in [-0.05, 0) is 56.0 Å². The average Bonchev–Trinajstić information content (AvgIpc) is 3.25. The number of aryl methyl sites for hydroxylation is 2. The third kappa shape index (κ3) is 6.89. The average molecular weight is 504 g/mol. The van der Waals surface area contributed by atoms with Crippen LogP contribution in [-0.2, 0) is 13.1 Å². The van der Waals surface area contributed by atoms with Gasteiger partial charge in [-0.1, -0.05) is 35.3 Å². The highest BCUT2D eigenvalue weighted by atomic mass is 35.5. The lowest BCUT2D eigenvalue weighted by Crippen LogP contribution is -2.47. The number of ether oxygens (including phenoxy) is 2. The van der Waals surface area contributed by atoms with Gasteiger partial charge in [-0.3, -0.25) is 4.90 Å². The van der Waals surface area contributed by atoms with Crippen molar-refractivity contribution in [2.24, 2.45) is 0 Å². The number of likely N-dealkylation sites (tertiary alicyclic amines) is 1. The van der Waals surface area contributed by atoms with E-state index >= 15 is 0 Å². The highest BCUT2D eigenvalue weighted by molar-refractivity contribution is 6.42. The lowest BCUT2D eigenvalue weighted by atomic mass is 9.92. The Bertz CT molecular complexity index is 1060. The molecule has 1 saturated heterocycles. The Morgan fingerprint density at radius 1 is 1.00 bits per heavy atom. The van der Waals surface area contributed by atoms with Crippen LogP contribution >= 0.6 is 23.2 Å². The molecule has 1 aliphatic heterocycles. The van der Waals surface area contributed by atoms with Crippen molar-refractivity contribution in [1.29, 1.82) is 0 Å². The SMILES string of the molecule is Cc1nccn1CCCOc1ccc(CN2CCC(O)(COc3ccc(Cl)c(Cl)c3)CC2)cc1. The molecule has 34 heavy (non-hydrogen) atoms. The molecule has 2 heterocycles. The van der Waals surface area contributed by atoms with Crippen molar-refractivity contribution in [2.45, 2.75) is 44.9 Å². The van der Waals surface area contributed by atoms with E-state index in [2.05, 4.69) is 26.6 Å².